The Morgan fingerprint density at radius 1 is 1.30 bits per heavy atom. The van der Waals surface area contributed by atoms with Gasteiger partial charge in [-0.2, -0.15) is 10.4 Å². The lowest BCUT2D eigenvalue weighted by atomic mass is 9.92. The number of halogens is 1. The molecule has 0 amide bonds. The third-order valence-electron chi connectivity index (χ3n) is 5.61. The van der Waals surface area contributed by atoms with Gasteiger partial charge in [-0.3, -0.25) is 14.8 Å². The summed E-state index contributed by atoms with van der Waals surface area (Å²) in [4.78, 5) is 13.1. The summed E-state index contributed by atoms with van der Waals surface area (Å²) in [7, 11) is 0. The topological polar surface area (TPSA) is 102 Å². The highest BCUT2D eigenvalue weighted by atomic mass is 35.5. The van der Waals surface area contributed by atoms with Crippen molar-refractivity contribution in [3.8, 4) is 34.3 Å². The molecule has 0 bridgehead atoms. The summed E-state index contributed by atoms with van der Waals surface area (Å²) in [5.74, 6) is -0.190. The number of nitriles is 1. The number of nitrogens with zero attached hydrogens (tertiary/aromatic N) is 3. The molecule has 1 aromatic heterocycles. The van der Waals surface area contributed by atoms with Crippen molar-refractivity contribution in [3.63, 3.8) is 0 Å². The van der Waals surface area contributed by atoms with Crippen molar-refractivity contribution in [2.75, 3.05) is 13.1 Å². The van der Waals surface area contributed by atoms with E-state index < -0.39 is 5.97 Å². The molecule has 172 valence electrons. The zero-order valence-corrected chi connectivity index (χ0v) is 19.5. The van der Waals surface area contributed by atoms with Gasteiger partial charge in [0.2, 0.25) is 0 Å². The summed E-state index contributed by atoms with van der Waals surface area (Å²) in [5, 5.41) is 26.1. The number of aliphatic carboxylic acids is 1. The molecule has 0 atom stereocenters. The molecule has 3 aromatic rings. The van der Waals surface area contributed by atoms with Crippen LogP contribution in [0, 0.1) is 11.3 Å². The van der Waals surface area contributed by atoms with Gasteiger partial charge >= 0.3 is 5.97 Å². The molecule has 1 aliphatic heterocycles. The normalized spacial score (nSPS) is 13.2. The van der Waals surface area contributed by atoms with E-state index in [2.05, 4.69) is 33.3 Å². The predicted molar refractivity (Wildman–Crippen MR) is 128 cm³/mol. The molecule has 0 radical (unpaired) electrons. The molecule has 0 spiro atoms. The molecule has 1 aliphatic rings. The van der Waals surface area contributed by atoms with Crippen molar-refractivity contribution in [1.82, 2.24) is 15.1 Å². The molecule has 4 rings (SSSR count). The van der Waals surface area contributed by atoms with Crippen LogP contribution in [0.5, 0.6) is 5.75 Å². The largest absolute Gasteiger partial charge is 0.490 e. The third kappa shape index (κ3) is 5.54. The van der Waals surface area contributed by atoms with Crippen LogP contribution >= 0.6 is 12.4 Å². The molecule has 8 heteroatoms. The van der Waals surface area contributed by atoms with Crippen LogP contribution in [0.2, 0.25) is 0 Å². The van der Waals surface area contributed by atoms with E-state index in [-0.39, 0.29) is 24.9 Å². The van der Waals surface area contributed by atoms with E-state index >= 15 is 0 Å². The predicted octanol–water partition coefficient (Wildman–Crippen LogP) is 4.66. The molecule has 7 nitrogen and oxygen atoms in total. The molecular weight excluding hydrogens is 440 g/mol. The Hall–Kier alpha value is -3.34. The summed E-state index contributed by atoms with van der Waals surface area (Å²) in [6.45, 7) is 6.01. The van der Waals surface area contributed by atoms with Crippen LogP contribution in [0.15, 0.2) is 42.5 Å². The van der Waals surface area contributed by atoms with Crippen LogP contribution in [0.25, 0.3) is 22.5 Å². The van der Waals surface area contributed by atoms with E-state index in [1.165, 1.54) is 11.1 Å². The van der Waals surface area contributed by atoms with Crippen LogP contribution in [-0.2, 0) is 17.8 Å². The smallest absolute Gasteiger partial charge is 0.304 e. The number of rotatable bonds is 7. The second kappa shape index (κ2) is 10.5. The zero-order valence-electron chi connectivity index (χ0n) is 18.7. The van der Waals surface area contributed by atoms with E-state index in [9.17, 15) is 10.1 Å². The number of aromatic amines is 1. The third-order valence-corrected chi connectivity index (χ3v) is 5.61. The number of fused-ring (bicyclic) bond motifs is 1. The second-order valence-corrected chi connectivity index (χ2v) is 8.27. The van der Waals surface area contributed by atoms with Crippen LogP contribution < -0.4 is 4.74 Å². The van der Waals surface area contributed by atoms with E-state index in [4.69, 9.17) is 9.84 Å². The van der Waals surface area contributed by atoms with Crippen molar-refractivity contribution >= 4 is 18.4 Å². The minimum absolute atomic E-state index is 0. The Balaban J connectivity index is 0.00000306. The number of hydrogen-bond donors (Lipinski definition) is 2. The molecule has 2 N–H and O–H groups in total. The summed E-state index contributed by atoms with van der Waals surface area (Å²) >= 11 is 0. The molecule has 0 unspecified atom stereocenters. The van der Waals surface area contributed by atoms with E-state index in [0.717, 1.165) is 42.0 Å². The maximum absolute atomic E-state index is 10.9. The van der Waals surface area contributed by atoms with Crippen LogP contribution in [-0.4, -0.2) is 45.4 Å². The van der Waals surface area contributed by atoms with Crippen LogP contribution in [0.3, 0.4) is 0 Å². The number of carboxylic acid groups (broad SMARTS) is 1. The number of hydrogen-bond acceptors (Lipinski definition) is 5. The number of aromatic nitrogens is 2. The molecule has 0 saturated heterocycles. The number of carbonyl (C=O) groups is 1. The van der Waals surface area contributed by atoms with Crippen molar-refractivity contribution in [1.29, 1.82) is 5.26 Å². The lowest BCUT2D eigenvalue weighted by Gasteiger charge is -2.29. The Bertz CT molecular complexity index is 1180. The quantitative estimate of drug-likeness (QED) is 0.525. The van der Waals surface area contributed by atoms with Gasteiger partial charge in [-0.15, -0.1) is 12.4 Å². The molecule has 0 aliphatic carbocycles. The van der Waals surface area contributed by atoms with Crippen LogP contribution in [0.1, 0.15) is 37.0 Å². The average molecular weight is 467 g/mol. The van der Waals surface area contributed by atoms with Gasteiger partial charge in [-0.25, -0.2) is 0 Å². The summed E-state index contributed by atoms with van der Waals surface area (Å²) in [6, 6.07) is 16.0. The first-order valence-electron chi connectivity index (χ1n) is 10.8. The molecule has 33 heavy (non-hydrogen) atoms. The Labute approximate surface area is 199 Å². The fourth-order valence-electron chi connectivity index (χ4n) is 4.11. The van der Waals surface area contributed by atoms with Crippen LogP contribution in [0.4, 0.5) is 0 Å². The maximum atomic E-state index is 10.9. The minimum Gasteiger partial charge on any atom is -0.490 e. The Kier molecular flexibility index (Phi) is 7.75. The Morgan fingerprint density at radius 3 is 2.85 bits per heavy atom. The van der Waals surface area contributed by atoms with E-state index in [0.29, 0.717) is 17.9 Å². The number of benzene rings is 2. The monoisotopic (exact) mass is 466 g/mol. The molecule has 2 aromatic carbocycles. The SMILES string of the molecule is CC(C)Oc1ccc(-c2cc(-c3cccc4c3CCN(CCC(=O)O)C4)[nH]n2)cc1C#N.Cl. The average Bonchev–Trinajstić information content (AvgIpc) is 3.27. The maximum Gasteiger partial charge on any atom is 0.304 e. The lowest BCUT2D eigenvalue weighted by Crippen LogP contribution is -2.32. The van der Waals surface area contributed by atoms with Gasteiger partial charge in [0.1, 0.15) is 11.8 Å². The number of ether oxygens (including phenoxy) is 1. The van der Waals surface area contributed by atoms with Gasteiger partial charge in [0.15, 0.2) is 0 Å². The van der Waals surface area contributed by atoms with Crippen molar-refractivity contribution < 1.29 is 14.6 Å². The van der Waals surface area contributed by atoms with Gasteiger partial charge < -0.3 is 9.84 Å². The highest BCUT2D eigenvalue weighted by Crippen LogP contribution is 2.32. The van der Waals surface area contributed by atoms with Gasteiger partial charge in [-0.05, 0) is 55.7 Å². The first-order valence-corrected chi connectivity index (χ1v) is 10.8. The van der Waals surface area contributed by atoms with Crippen molar-refractivity contribution in [2.24, 2.45) is 0 Å². The van der Waals surface area contributed by atoms with Gasteiger partial charge in [0.25, 0.3) is 0 Å². The summed E-state index contributed by atoms with van der Waals surface area (Å²) < 4.78 is 5.72. The summed E-state index contributed by atoms with van der Waals surface area (Å²) in [5.41, 5.74) is 6.63. The first kappa shape index (κ1) is 24.3. The van der Waals surface area contributed by atoms with Gasteiger partial charge in [-0.1, -0.05) is 18.2 Å². The fraction of sp³-hybridized carbons (Fsp3) is 0.320. The Morgan fingerprint density at radius 2 is 2.12 bits per heavy atom. The first-order chi connectivity index (χ1) is 15.4. The molecule has 0 saturated carbocycles. The lowest BCUT2D eigenvalue weighted by molar-refractivity contribution is -0.137. The molecular formula is C25H27ClN4O3. The molecule has 2 heterocycles. The standard InChI is InChI=1S/C25H26N4O3.ClH/c1-16(2)32-24-7-6-17(12-19(24)14-26)22-13-23(28-27-22)21-5-3-4-18-15-29(10-8-20(18)21)11-9-25(30)31;/h3-7,12-13,16H,8-11,15H2,1-2H3,(H,27,28)(H,30,31);1H. The summed E-state index contributed by atoms with van der Waals surface area (Å²) in [6.07, 6.45) is 1.01. The van der Waals surface area contributed by atoms with E-state index in [1.54, 1.807) is 6.07 Å². The van der Waals surface area contributed by atoms with Crippen molar-refractivity contribution in [2.45, 2.75) is 39.3 Å². The minimum atomic E-state index is -0.766. The van der Waals surface area contributed by atoms with Gasteiger partial charge in [0, 0.05) is 30.8 Å². The van der Waals surface area contributed by atoms with Crippen molar-refractivity contribution in [3.05, 3.63) is 59.2 Å². The zero-order chi connectivity index (χ0) is 22.7. The highest BCUT2D eigenvalue weighted by molar-refractivity contribution is 5.85. The highest BCUT2D eigenvalue weighted by Gasteiger charge is 2.21. The fourth-order valence-corrected chi connectivity index (χ4v) is 4.11. The number of H-pyrrole nitrogens is 1. The van der Waals surface area contributed by atoms with E-state index in [1.807, 2.05) is 38.1 Å². The second-order valence-electron chi connectivity index (χ2n) is 8.27. The van der Waals surface area contributed by atoms with Gasteiger partial charge in [0.05, 0.1) is 29.5 Å². The number of carboxylic acids is 1. The number of nitrogens with one attached hydrogen (secondary N) is 1. The molecule has 0 fully saturated rings.